The molecule has 1 saturated heterocycles. The van der Waals surface area contributed by atoms with Gasteiger partial charge < -0.3 is 9.85 Å². The number of hydrogen-bond donors (Lipinski definition) is 0. The van der Waals surface area contributed by atoms with Gasteiger partial charge in [0.15, 0.2) is 5.67 Å². The van der Waals surface area contributed by atoms with Gasteiger partial charge in [0.05, 0.1) is 17.8 Å². The Morgan fingerprint density at radius 1 is 1.18 bits per heavy atom. The van der Waals surface area contributed by atoms with Gasteiger partial charge in [-0.1, -0.05) is 30.3 Å². The number of hydrogen-bond acceptors (Lipinski definition) is 3. The van der Waals surface area contributed by atoms with Crippen molar-refractivity contribution < 1.29 is 17.8 Å². The maximum absolute atomic E-state index is 15.5. The van der Waals surface area contributed by atoms with Gasteiger partial charge in [-0.05, 0) is 41.6 Å². The molecule has 0 radical (unpaired) electrons. The second kappa shape index (κ2) is 7.21. The van der Waals surface area contributed by atoms with Gasteiger partial charge in [-0.3, -0.25) is 0 Å². The van der Waals surface area contributed by atoms with Crippen LogP contribution in [0, 0.1) is 16.8 Å². The zero-order valence-electron chi connectivity index (χ0n) is 15.5. The Hall–Kier alpha value is -1.83. The SMILES string of the molecule is CS/N=C1\CC[N+]([O-])(CC2(F)CC2c2ccccc2-c2c(F)cccc2F)C1. The topological polar surface area (TPSA) is 35.4 Å². The minimum atomic E-state index is -1.66. The third kappa shape index (κ3) is 3.58. The van der Waals surface area contributed by atoms with E-state index in [4.69, 9.17) is 0 Å². The third-order valence-corrected chi connectivity index (χ3v) is 6.07. The molecule has 3 unspecified atom stereocenters. The van der Waals surface area contributed by atoms with E-state index in [-0.39, 0.29) is 25.1 Å². The molecular formula is C21H21F3N2OS. The summed E-state index contributed by atoms with van der Waals surface area (Å²) in [6.07, 6.45) is 2.61. The van der Waals surface area contributed by atoms with Gasteiger partial charge in [0.25, 0.3) is 0 Å². The van der Waals surface area contributed by atoms with Crippen molar-refractivity contribution >= 4 is 17.7 Å². The van der Waals surface area contributed by atoms with Gasteiger partial charge in [-0.2, -0.15) is 0 Å². The number of nitrogens with zero attached hydrogens (tertiary/aromatic N) is 2. The normalized spacial score (nSPS) is 30.8. The summed E-state index contributed by atoms with van der Waals surface area (Å²) < 4.78 is 47.7. The van der Waals surface area contributed by atoms with Crippen molar-refractivity contribution in [2.24, 2.45) is 4.40 Å². The monoisotopic (exact) mass is 406 g/mol. The molecule has 3 atom stereocenters. The van der Waals surface area contributed by atoms with Crippen LogP contribution in [0.2, 0.25) is 0 Å². The average molecular weight is 406 g/mol. The molecule has 2 aromatic carbocycles. The predicted molar refractivity (Wildman–Crippen MR) is 107 cm³/mol. The summed E-state index contributed by atoms with van der Waals surface area (Å²) in [5.41, 5.74) is -0.0796. The highest BCUT2D eigenvalue weighted by Gasteiger charge is 2.60. The molecule has 3 nitrogen and oxygen atoms in total. The lowest BCUT2D eigenvalue weighted by Crippen LogP contribution is -2.45. The van der Waals surface area contributed by atoms with Crippen LogP contribution in [0.4, 0.5) is 13.2 Å². The summed E-state index contributed by atoms with van der Waals surface area (Å²) in [5.74, 6) is -1.89. The number of quaternary nitrogens is 1. The first-order chi connectivity index (χ1) is 13.4. The summed E-state index contributed by atoms with van der Waals surface area (Å²) in [6.45, 7) is 0.378. The van der Waals surface area contributed by atoms with Gasteiger partial charge in [-0.25, -0.2) is 17.6 Å². The van der Waals surface area contributed by atoms with Crippen molar-refractivity contribution in [1.82, 2.24) is 0 Å². The summed E-state index contributed by atoms with van der Waals surface area (Å²) in [6, 6.07) is 10.4. The summed E-state index contributed by atoms with van der Waals surface area (Å²) in [7, 11) is 0. The molecule has 2 aromatic rings. The summed E-state index contributed by atoms with van der Waals surface area (Å²) in [5, 5.41) is 13.0. The average Bonchev–Trinajstić information content (AvgIpc) is 3.16. The van der Waals surface area contributed by atoms with E-state index in [0.29, 0.717) is 24.1 Å². The van der Waals surface area contributed by atoms with E-state index < -0.39 is 27.9 Å². The van der Waals surface area contributed by atoms with E-state index in [0.717, 1.165) is 5.71 Å². The zero-order valence-corrected chi connectivity index (χ0v) is 16.3. The van der Waals surface area contributed by atoms with E-state index in [1.54, 1.807) is 24.3 Å². The minimum Gasteiger partial charge on any atom is -0.632 e. The summed E-state index contributed by atoms with van der Waals surface area (Å²) >= 11 is 1.31. The molecular weight excluding hydrogens is 385 g/mol. The fourth-order valence-electron chi connectivity index (χ4n) is 4.27. The minimum absolute atomic E-state index is 0.145. The first-order valence-electron chi connectivity index (χ1n) is 9.23. The van der Waals surface area contributed by atoms with Crippen LogP contribution in [-0.2, 0) is 0 Å². The smallest absolute Gasteiger partial charge is 0.167 e. The predicted octanol–water partition coefficient (Wildman–Crippen LogP) is 5.26. The summed E-state index contributed by atoms with van der Waals surface area (Å²) in [4.78, 5) is 0. The molecule has 4 rings (SSSR count). The number of rotatable bonds is 5. The Balaban J connectivity index is 1.60. The highest BCUT2D eigenvalue weighted by Crippen LogP contribution is 2.58. The van der Waals surface area contributed by atoms with Crippen LogP contribution in [0.25, 0.3) is 11.1 Å². The van der Waals surface area contributed by atoms with Crippen molar-refractivity contribution in [2.45, 2.75) is 24.4 Å². The van der Waals surface area contributed by atoms with Gasteiger partial charge in [0.2, 0.25) is 0 Å². The van der Waals surface area contributed by atoms with E-state index in [9.17, 15) is 14.0 Å². The van der Waals surface area contributed by atoms with Crippen LogP contribution in [0.5, 0.6) is 0 Å². The Kier molecular flexibility index (Phi) is 5.02. The molecule has 1 saturated carbocycles. The van der Waals surface area contributed by atoms with E-state index in [2.05, 4.69) is 4.40 Å². The van der Waals surface area contributed by atoms with Gasteiger partial charge in [-0.15, -0.1) is 0 Å². The maximum Gasteiger partial charge on any atom is 0.167 e. The molecule has 1 heterocycles. The third-order valence-electron chi connectivity index (χ3n) is 5.63. The molecule has 2 aliphatic rings. The number of benzene rings is 2. The number of hydroxylamine groups is 3. The Morgan fingerprint density at radius 2 is 1.89 bits per heavy atom. The molecule has 0 N–H and O–H groups in total. The fraction of sp³-hybridized carbons (Fsp3) is 0.381. The van der Waals surface area contributed by atoms with Gasteiger partial charge in [0.1, 0.15) is 24.7 Å². The Morgan fingerprint density at radius 3 is 2.61 bits per heavy atom. The quantitative estimate of drug-likeness (QED) is 0.385. The van der Waals surface area contributed by atoms with Gasteiger partial charge >= 0.3 is 0 Å². The van der Waals surface area contributed by atoms with E-state index >= 15 is 4.39 Å². The molecule has 2 fully saturated rings. The molecule has 0 amide bonds. The second-order valence-electron chi connectivity index (χ2n) is 7.66. The van der Waals surface area contributed by atoms with Crippen LogP contribution in [0.15, 0.2) is 46.9 Å². The molecule has 0 aromatic heterocycles. The van der Waals surface area contributed by atoms with Crippen molar-refractivity contribution in [3.63, 3.8) is 0 Å². The molecule has 0 spiro atoms. The van der Waals surface area contributed by atoms with E-state index in [1.165, 1.54) is 30.1 Å². The highest BCUT2D eigenvalue weighted by atomic mass is 32.2. The fourth-order valence-corrected chi connectivity index (χ4v) is 4.68. The molecule has 28 heavy (non-hydrogen) atoms. The van der Waals surface area contributed by atoms with Crippen molar-refractivity contribution in [1.29, 1.82) is 0 Å². The lowest BCUT2D eigenvalue weighted by molar-refractivity contribution is -0.867. The first-order valence-corrected chi connectivity index (χ1v) is 10.4. The van der Waals surface area contributed by atoms with Crippen LogP contribution in [-0.4, -0.2) is 41.9 Å². The zero-order chi connectivity index (χ0) is 19.9. The number of likely N-dealkylation sites (tertiary alicyclic amines) is 1. The maximum atomic E-state index is 15.5. The van der Waals surface area contributed by atoms with Crippen LogP contribution >= 0.6 is 11.9 Å². The van der Waals surface area contributed by atoms with Crippen molar-refractivity contribution in [3.05, 3.63) is 64.9 Å². The highest BCUT2D eigenvalue weighted by molar-refractivity contribution is 7.97. The van der Waals surface area contributed by atoms with Crippen molar-refractivity contribution in [2.75, 3.05) is 25.9 Å². The molecule has 1 aliphatic carbocycles. The molecule has 7 heteroatoms. The van der Waals surface area contributed by atoms with Crippen LogP contribution in [0.3, 0.4) is 0 Å². The second-order valence-corrected chi connectivity index (χ2v) is 8.21. The standard InChI is InChI=1S/C21H21F3N2OS/c1-28-25-14-9-10-26(27,12-14)13-21(24)11-17(21)15-5-2-3-6-16(15)20-18(22)7-4-8-19(20)23/h2-8,17H,9-13H2,1H3/b25-14+. The van der Waals surface area contributed by atoms with Crippen LogP contribution < -0.4 is 0 Å². The number of halogens is 3. The molecule has 0 bridgehead atoms. The van der Waals surface area contributed by atoms with Gasteiger partial charge in [0, 0.05) is 18.6 Å². The molecule has 1 aliphatic heterocycles. The lowest BCUT2D eigenvalue weighted by Gasteiger charge is -2.39. The Labute approximate surface area is 166 Å². The molecule has 148 valence electrons. The first kappa shape index (κ1) is 19.5. The van der Waals surface area contributed by atoms with E-state index in [1.807, 2.05) is 6.26 Å². The number of alkyl halides is 1. The lowest BCUT2D eigenvalue weighted by atomic mass is 9.94. The van der Waals surface area contributed by atoms with Crippen molar-refractivity contribution in [3.8, 4) is 11.1 Å². The van der Waals surface area contributed by atoms with Crippen LogP contribution in [0.1, 0.15) is 24.3 Å². The largest absolute Gasteiger partial charge is 0.632 e. The Bertz CT molecular complexity index is 917.